The Morgan fingerprint density at radius 2 is 2.33 bits per heavy atom. The fourth-order valence-corrected chi connectivity index (χ4v) is 1.86. The molecule has 2 heteroatoms. The van der Waals surface area contributed by atoms with E-state index >= 15 is 0 Å². The Balaban J connectivity index is 2.47. The van der Waals surface area contributed by atoms with Crippen molar-refractivity contribution in [2.24, 2.45) is 4.99 Å². The monoisotopic (exact) mass is 223 g/mol. The van der Waals surface area contributed by atoms with Gasteiger partial charge in [-0.2, -0.15) is 0 Å². The van der Waals surface area contributed by atoms with Crippen molar-refractivity contribution in [3.63, 3.8) is 0 Å². The highest BCUT2D eigenvalue weighted by molar-refractivity contribution is 9.10. The van der Waals surface area contributed by atoms with Crippen LogP contribution in [0.15, 0.2) is 27.7 Å². The number of aliphatic imine (C=N–C) groups is 1. The molecule has 0 saturated heterocycles. The lowest BCUT2D eigenvalue weighted by Crippen LogP contribution is -2.11. The van der Waals surface area contributed by atoms with Gasteiger partial charge in [-0.15, -0.1) is 0 Å². The lowest BCUT2D eigenvalue weighted by Gasteiger charge is -2.14. The molecule has 1 aliphatic heterocycles. The molecule has 1 aromatic carbocycles. The molecule has 0 saturated carbocycles. The molecule has 2 rings (SSSR count). The Labute approximate surface area is 80.6 Å². The summed E-state index contributed by atoms with van der Waals surface area (Å²) in [6.07, 6.45) is 3.03. The predicted molar refractivity (Wildman–Crippen MR) is 54.9 cm³/mol. The second kappa shape index (κ2) is 3.02. The average Bonchev–Trinajstić information content (AvgIpc) is 2.03. The van der Waals surface area contributed by atoms with Crippen LogP contribution >= 0.6 is 15.9 Å². The summed E-state index contributed by atoms with van der Waals surface area (Å²) in [6, 6.07) is 6.78. The van der Waals surface area contributed by atoms with Crippen LogP contribution in [0.3, 0.4) is 0 Å². The first-order valence-electron chi connectivity index (χ1n) is 4.07. The fraction of sp³-hybridized carbons (Fsp3) is 0.300. The van der Waals surface area contributed by atoms with E-state index in [1.807, 2.05) is 6.21 Å². The smallest absolute Gasteiger partial charge is 0.0512 e. The van der Waals surface area contributed by atoms with Gasteiger partial charge in [-0.25, -0.2) is 0 Å². The quantitative estimate of drug-likeness (QED) is 0.642. The maximum Gasteiger partial charge on any atom is 0.0512 e. The standard InChI is InChI=1S/C10H10BrN/c1-7-4-9-5-10(11)3-2-8(9)6-12-7/h2-3,5-7H,4H2,1H3/t7-/m0/s1. The van der Waals surface area contributed by atoms with Gasteiger partial charge >= 0.3 is 0 Å². The van der Waals surface area contributed by atoms with Crippen LogP contribution in [0, 0.1) is 0 Å². The Morgan fingerprint density at radius 1 is 1.50 bits per heavy atom. The van der Waals surface area contributed by atoms with Gasteiger partial charge in [0.1, 0.15) is 0 Å². The highest BCUT2D eigenvalue weighted by atomic mass is 79.9. The molecular weight excluding hydrogens is 214 g/mol. The third-order valence-corrected chi connectivity index (χ3v) is 2.58. The molecule has 1 atom stereocenters. The molecule has 62 valence electrons. The second-order valence-corrected chi connectivity index (χ2v) is 4.09. The Kier molecular flexibility index (Phi) is 2.01. The van der Waals surface area contributed by atoms with E-state index in [9.17, 15) is 0 Å². The summed E-state index contributed by atoms with van der Waals surface area (Å²) in [4.78, 5) is 4.36. The first kappa shape index (κ1) is 7.99. The van der Waals surface area contributed by atoms with Crippen molar-refractivity contribution in [1.82, 2.24) is 0 Å². The largest absolute Gasteiger partial charge is 0.289 e. The van der Waals surface area contributed by atoms with Gasteiger partial charge < -0.3 is 0 Å². The number of hydrogen-bond acceptors (Lipinski definition) is 1. The zero-order valence-electron chi connectivity index (χ0n) is 6.92. The van der Waals surface area contributed by atoms with Crippen LogP contribution in [0.5, 0.6) is 0 Å². The van der Waals surface area contributed by atoms with Crippen molar-refractivity contribution < 1.29 is 0 Å². The highest BCUT2D eigenvalue weighted by Crippen LogP contribution is 2.20. The van der Waals surface area contributed by atoms with E-state index in [2.05, 4.69) is 46.0 Å². The number of fused-ring (bicyclic) bond motifs is 1. The van der Waals surface area contributed by atoms with Crippen LogP contribution in [0.2, 0.25) is 0 Å². The van der Waals surface area contributed by atoms with E-state index < -0.39 is 0 Å². The topological polar surface area (TPSA) is 12.4 Å². The molecule has 0 spiro atoms. The minimum Gasteiger partial charge on any atom is -0.289 e. The zero-order valence-corrected chi connectivity index (χ0v) is 8.51. The second-order valence-electron chi connectivity index (χ2n) is 3.17. The molecule has 1 aromatic rings. The van der Waals surface area contributed by atoms with Crippen LogP contribution in [-0.2, 0) is 6.42 Å². The molecule has 12 heavy (non-hydrogen) atoms. The van der Waals surface area contributed by atoms with Crippen molar-refractivity contribution in [3.8, 4) is 0 Å². The molecular formula is C10H10BrN. The van der Waals surface area contributed by atoms with E-state index in [0.29, 0.717) is 6.04 Å². The van der Waals surface area contributed by atoms with Crippen LogP contribution in [-0.4, -0.2) is 12.3 Å². The molecule has 0 aliphatic carbocycles. The highest BCUT2D eigenvalue weighted by Gasteiger charge is 2.10. The van der Waals surface area contributed by atoms with Crippen LogP contribution in [0.1, 0.15) is 18.1 Å². The third-order valence-electron chi connectivity index (χ3n) is 2.09. The normalized spacial score (nSPS) is 20.7. The van der Waals surface area contributed by atoms with Gasteiger partial charge in [0.25, 0.3) is 0 Å². The maximum absolute atomic E-state index is 4.36. The number of hydrogen-bond donors (Lipinski definition) is 0. The average molecular weight is 224 g/mol. The number of nitrogens with zero attached hydrogens (tertiary/aromatic N) is 1. The van der Waals surface area contributed by atoms with E-state index in [0.717, 1.165) is 10.9 Å². The summed E-state index contributed by atoms with van der Waals surface area (Å²) in [5, 5.41) is 0. The van der Waals surface area contributed by atoms with Gasteiger partial charge in [-0.1, -0.05) is 22.0 Å². The minimum absolute atomic E-state index is 0.437. The summed E-state index contributed by atoms with van der Waals surface area (Å²) in [7, 11) is 0. The van der Waals surface area contributed by atoms with Crippen LogP contribution in [0.25, 0.3) is 0 Å². The van der Waals surface area contributed by atoms with Gasteiger partial charge in [0.15, 0.2) is 0 Å². The molecule has 0 aromatic heterocycles. The summed E-state index contributed by atoms with van der Waals surface area (Å²) >= 11 is 3.47. The van der Waals surface area contributed by atoms with Gasteiger partial charge in [0.2, 0.25) is 0 Å². The van der Waals surface area contributed by atoms with Crippen molar-refractivity contribution in [3.05, 3.63) is 33.8 Å². The van der Waals surface area contributed by atoms with E-state index in [1.54, 1.807) is 0 Å². The molecule has 0 bridgehead atoms. The van der Waals surface area contributed by atoms with Gasteiger partial charge in [-0.05, 0) is 36.6 Å². The molecule has 0 unspecified atom stereocenters. The van der Waals surface area contributed by atoms with Crippen LogP contribution in [0.4, 0.5) is 0 Å². The summed E-state index contributed by atoms with van der Waals surface area (Å²) in [6.45, 7) is 2.14. The molecule has 0 radical (unpaired) electrons. The van der Waals surface area contributed by atoms with Gasteiger partial charge in [0.05, 0.1) is 6.04 Å². The Morgan fingerprint density at radius 3 is 3.17 bits per heavy atom. The maximum atomic E-state index is 4.36. The predicted octanol–water partition coefficient (Wildman–Crippen LogP) is 2.81. The van der Waals surface area contributed by atoms with Crippen molar-refractivity contribution in [1.29, 1.82) is 0 Å². The lowest BCUT2D eigenvalue weighted by molar-refractivity contribution is 0.732. The lowest BCUT2D eigenvalue weighted by atomic mass is 9.99. The Bertz CT molecular complexity index is 331. The van der Waals surface area contributed by atoms with Gasteiger partial charge in [-0.3, -0.25) is 4.99 Å². The van der Waals surface area contributed by atoms with Crippen molar-refractivity contribution >= 4 is 22.1 Å². The first-order valence-corrected chi connectivity index (χ1v) is 4.86. The van der Waals surface area contributed by atoms with E-state index in [-0.39, 0.29) is 0 Å². The molecule has 1 aliphatic rings. The summed E-state index contributed by atoms with van der Waals surface area (Å²) in [5.74, 6) is 0. The van der Waals surface area contributed by atoms with Crippen LogP contribution < -0.4 is 0 Å². The zero-order chi connectivity index (χ0) is 8.55. The third kappa shape index (κ3) is 1.44. The number of halogens is 1. The minimum atomic E-state index is 0.437. The molecule has 0 N–H and O–H groups in total. The van der Waals surface area contributed by atoms with Crippen molar-refractivity contribution in [2.45, 2.75) is 19.4 Å². The SMILES string of the molecule is C[C@H]1Cc2cc(Br)ccc2C=N1. The molecule has 0 fully saturated rings. The first-order chi connectivity index (χ1) is 5.75. The van der Waals surface area contributed by atoms with Crippen molar-refractivity contribution in [2.75, 3.05) is 0 Å². The Hall–Kier alpha value is -0.630. The van der Waals surface area contributed by atoms with Gasteiger partial charge in [0, 0.05) is 10.7 Å². The molecule has 1 nitrogen and oxygen atoms in total. The summed E-state index contributed by atoms with van der Waals surface area (Å²) < 4.78 is 1.16. The van der Waals surface area contributed by atoms with E-state index in [4.69, 9.17) is 0 Å². The number of benzene rings is 1. The van der Waals surface area contributed by atoms with E-state index in [1.165, 1.54) is 11.1 Å². The molecule has 0 amide bonds. The fourth-order valence-electron chi connectivity index (χ4n) is 1.46. The number of rotatable bonds is 0. The molecule has 1 heterocycles. The summed E-state index contributed by atoms with van der Waals surface area (Å²) in [5.41, 5.74) is 2.66.